The number of aliphatic imine (C=N–C) groups is 1. The van der Waals surface area contributed by atoms with E-state index in [9.17, 15) is 54.0 Å². The van der Waals surface area contributed by atoms with E-state index >= 15 is 0 Å². The van der Waals surface area contributed by atoms with Crippen molar-refractivity contribution in [3.63, 3.8) is 0 Å². The third-order valence-corrected chi connectivity index (χ3v) is 19.6. The summed E-state index contributed by atoms with van der Waals surface area (Å²) < 4.78 is 96.9. The predicted octanol–water partition coefficient (Wildman–Crippen LogP) is 10.7. The lowest BCUT2D eigenvalue weighted by Crippen LogP contribution is -2.39. The third kappa shape index (κ3) is 22.5. The number of benzene rings is 4. The smallest absolute Gasteiger partial charge is 0.361 e. The van der Waals surface area contributed by atoms with Gasteiger partial charge in [0.2, 0.25) is 21.8 Å². The Labute approximate surface area is 599 Å². The first-order valence-electron chi connectivity index (χ1n) is 32.4. The summed E-state index contributed by atoms with van der Waals surface area (Å²) >= 11 is 1.17. The number of halogens is 3. The molecule has 24 nitrogen and oxygen atoms in total. The fraction of sp³-hybridized carbons (Fsp3) is 0.260. The molecule has 0 radical (unpaired) electrons. The maximum absolute atomic E-state index is 13.0. The topological polar surface area (TPSA) is 306 Å². The van der Waals surface area contributed by atoms with Crippen molar-refractivity contribution in [2.24, 2.45) is 4.99 Å². The van der Waals surface area contributed by atoms with Gasteiger partial charge in [-0.3, -0.25) is 33.5 Å². The SMILES string of the molecule is CC1=NCC(C)=C1S(=O)(=O)Nc1cnc(N(C)C)nc1N(C)C.Cc1cccc(CS(=O)(=O)NCCn2cncc(C)c2=O)c1.O=C(NCCCn1ccc2cccnc21)NC(c1ccccc1)c1ccccc1.O=C(NCc1ccc(C(=O)C2=CCC=C2)s1)C(=O)Nc1ccccc1C(F)(F)F. The average molecular weight is 1460 g/mol. The van der Waals surface area contributed by atoms with Crippen molar-refractivity contribution in [3.05, 3.63) is 258 Å². The van der Waals surface area contributed by atoms with Crippen molar-refractivity contribution >= 4 is 94.9 Å². The second kappa shape index (κ2) is 36.1. The summed E-state index contributed by atoms with van der Waals surface area (Å²) in [5.74, 6) is -1.48. The summed E-state index contributed by atoms with van der Waals surface area (Å²) in [5, 5.41) is 11.5. The van der Waals surface area contributed by atoms with Gasteiger partial charge in [-0.25, -0.2) is 41.3 Å². The molecule has 0 atom stereocenters. The molecule has 1 aliphatic heterocycles. The molecule has 540 valence electrons. The minimum Gasteiger partial charge on any atom is -0.361 e. The van der Waals surface area contributed by atoms with E-state index in [1.165, 1.54) is 46.8 Å². The van der Waals surface area contributed by atoms with Crippen molar-refractivity contribution < 1.29 is 49.2 Å². The monoisotopic (exact) mass is 1460 g/mol. The van der Waals surface area contributed by atoms with Gasteiger partial charge in [0, 0.05) is 94.4 Å². The van der Waals surface area contributed by atoms with E-state index in [-0.39, 0.29) is 53.7 Å². The van der Waals surface area contributed by atoms with Crippen molar-refractivity contribution in [1.82, 2.24) is 49.7 Å². The van der Waals surface area contributed by atoms with Crippen LogP contribution in [0, 0.1) is 13.8 Å². The Morgan fingerprint density at radius 3 is 2.09 bits per heavy atom. The molecule has 30 heteroatoms. The molecular weight excluding hydrogens is 1380 g/mol. The van der Waals surface area contributed by atoms with Crippen molar-refractivity contribution in [1.29, 1.82) is 0 Å². The largest absolute Gasteiger partial charge is 0.418 e. The number of alkyl halides is 3. The normalized spacial score (nSPS) is 12.5. The van der Waals surface area contributed by atoms with E-state index in [2.05, 4.69) is 67.0 Å². The Hall–Kier alpha value is -11.0. The predicted molar refractivity (Wildman–Crippen MR) is 397 cm³/mol. The van der Waals surface area contributed by atoms with Crippen LogP contribution in [0.4, 0.5) is 41.1 Å². The number of urea groups is 1. The van der Waals surface area contributed by atoms with Gasteiger partial charge in [-0.1, -0.05) is 121 Å². The summed E-state index contributed by atoms with van der Waals surface area (Å²) in [6, 6.07) is 40.8. The maximum atomic E-state index is 13.0. The molecule has 0 saturated heterocycles. The van der Waals surface area contributed by atoms with Crippen molar-refractivity contribution in [2.45, 2.75) is 78.1 Å². The lowest BCUT2D eigenvalue weighted by Gasteiger charge is -2.20. The second-order valence-electron chi connectivity index (χ2n) is 24.0. The number of carbonyl (C=O) groups excluding carboxylic acids is 4. The summed E-state index contributed by atoms with van der Waals surface area (Å²) in [6.07, 6.45) is 10.5. The second-order valence-corrected chi connectivity index (χ2v) is 28.6. The van der Waals surface area contributed by atoms with Gasteiger partial charge in [-0.15, -0.1) is 11.3 Å². The van der Waals surface area contributed by atoms with Crippen LogP contribution in [-0.4, -0.2) is 123 Å². The number of Topliss-reactive ketones (excluding diaryl/α,β-unsaturated/α-hetero) is 1. The van der Waals surface area contributed by atoms with E-state index in [1.807, 2.05) is 130 Å². The zero-order valence-electron chi connectivity index (χ0n) is 57.9. The minimum absolute atomic E-state index is 0.0278. The molecule has 0 fully saturated rings. The van der Waals surface area contributed by atoms with Gasteiger partial charge in [0.25, 0.3) is 15.6 Å². The number of aryl methyl sites for hydroxylation is 3. The molecule has 103 heavy (non-hydrogen) atoms. The molecule has 4 aromatic carbocycles. The quantitative estimate of drug-likeness (QED) is 0.0197. The number of nitrogens with zero attached hydrogens (tertiary/aromatic N) is 9. The minimum atomic E-state index is -4.66. The van der Waals surface area contributed by atoms with Crippen LogP contribution < -0.4 is 46.1 Å². The Morgan fingerprint density at radius 1 is 0.728 bits per heavy atom. The van der Waals surface area contributed by atoms with Crippen LogP contribution >= 0.6 is 11.3 Å². The van der Waals surface area contributed by atoms with E-state index in [1.54, 1.807) is 75.1 Å². The molecular formula is C73H80F3N15O9S3. The number of allylic oxidation sites excluding steroid dienone is 5. The number of amides is 4. The van der Waals surface area contributed by atoms with E-state index in [4.69, 9.17) is 0 Å². The van der Waals surface area contributed by atoms with E-state index in [0.717, 1.165) is 64.0 Å². The van der Waals surface area contributed by atoms with Gasteiger partial charge in [0.15, 0.2) is 5.82 Å². The average Bonchev–Trinajstić information content (AvgIpc) is 1.75. The van der Waals surface area contributed by atoms with Crippen LogP contribution in [0.1, 0.15) is 80.7 Å². The lowest BCUT2D eigenvalue weighted by molar-refractivity contribution is -0.138. The first-order valence-corrected chi connectivity index (χ1v) is 36.3. The van der Waals surface area contributed by atoms with Crippen LogP contribution in [0.15, 0.2) is 215 Å². The molecule has 0 saturated carbocycles. The van der Waals surface area contributed by atoms with E-state index < -0.39 is 49.3 Å². The highest BCUT2D eigenvalue weighted by molar-refractivity contribution is 7.97. The lowest BCUT2D eigenvalue weighted by atomic mass is 9.99. The molecule has 2 aliphatic rings. The highest BCUT2D eigenvalue weighted by atomic mass is 32.2. The number of para-hydroxylation sites is 1. The number of fused-ring (bicyclic) bond motifs is 1. The summed E-state index contributed by atoms with van der Waals surface area (Å²) in [4.78, 5) is 86.5. The van der Waals surface area contributed by atoms with Crippen LogP contribution in [0.2, 0.25) is 0 Å². The number of carbonyl (C=O) groups is 4. The Balaban J connectivity index is 0.000000175. The molecule has 1 aliphatic carbocycles. The molecule has 9 aromatic rings. The van der Waals surface area contributed by atoms with Gasteiger partial charge < -0.3 is 35.6 Å². The fourth-order valence-electron chi connectivity index (χ4n) is 10.5. The molecule has 0 spiro atoms. The molecule has 5 aromatic heterocycles. The third-order valence-electron chi connectivity index (χ3n) is 15.5. The molecule has 6 heterocycles. The summed E-state index contributed by atoms with van der Waals surface area (Å²) in [7, 11) is 0.0928. The van der Waals surface area contributed by atoms with Crippen LogP contribution in [-0.2, 0) is 61.2 Å². The number of aromatic nitrogens is 6. The Kier molecular flexibility index (Phi) is 27.2. The first kappa shape index (κ1) is 77.8. The van der Waals surface area contributed by atoms with Crippen LogP contribution in [0.25, 0.3) is 11.0 Å². The number of pyridine rings is 1. The zero-order chi connectivity index (χ0) is 74.4. The number of hydrogen-bond acceptors (Lipinski definition) is 17. The molecule has 0 bridgehead atoms. The maximum Gasteiger partial charge on any atom is 0.418 e. The van der Waals surface area contributed by atoms with Crippen LogP contribution in [0.3, 0.4) is 0 Å². The molecule has 11 rings (SSSR count). The molecule has 0 unspecified atom stereocenters. The van der Waals surface area contributed by atoms with Crippen molar-refractivity contribution in [2.75, 3.05) is 67.7 Å². The van der Waals surface area contributed by atoms with Gasteiger partial charge in [-0.05, 0) is 105 Å². The number of anilines is 4. The van der Waals surface area contributed by atoms with Gasteiger partial charge in [0.05, 0.1) is 59.2 Å². The number of rotatable bonds is 23. The van der Waals surface area contributed by atoms with Gasteiger partial charge in [-0.2, -0.15) is 18.2 Å². The van der Waals surface area contributed by atoms with Gasteiger partial charge >= 0.3 is 24.0 Å². The number of nitrogens with one attached hydrogen (secondary N) is 6. The van der Waals surface area contributed by atoms with Crippen molar-refractivity contribution in [3.8, 4) is 0 Å². The fourth-order valence-corrected chi connectivity index (χ4v) is 14.1. The Bertz CT molecular complexity index is 4860. The highest BCUT2D eigenvalue weighted by Gasteiger charge is 2.34. The number of sulfonamides is 2. The Morgan fingerprint density at radius 2 is 1.44 bits per heavy atom. The zero-order valence-corrected chi connectivity index (χ0v) is 60.3. The number of thiophene rings is 1. The van der Waals surface area contributed by atoms with Gasteiger partial charge in [0.1, 0.15) is 16.2 Å². The van der Waals surface area contributed by atoms with Crippen LogP contribution in [0.5, 0.6) is 0 Å². The first-order chi connectivity index (χ1) is 49.1. The highest BCUT2D eigenvalue weighted by Crippen LogP contribution is 2.35. The standard InChI is InChI=1S/C24H24N4O.C20H15F3N2O3S.C15H19N3O3S.C14H22N6O2S/c29-24(26-16-8-17-28-18-14-21-13-7-15-25-23(21)28)27-22(19-9-3-1-4-10-19)20-11-5-2-6-12-20;21-20(22,23)14-7-3-4-8-15(14)25-19(28)18(27)24-11-13-9-10-16(29-13)17(26)12-5-1-2-6-12;1-12-4-3-5-14(8-12)10-22(20,21)17-6-7-18-11-16-9-13(2)15(18)19;1-9-7-15-10(2)12(9)23(21,22)18-11-8-16-14(20(5)6)17-13(11)19(3)4/h1-7,9-15,18,22H,8,16-17H2,(H2,26,27,29);1,3-10H,2,11H2,(H,24,27)(H,25,28);3-5,8-9,11,17H,6-7,10H2,1-2H3;8,18H,7H2,1-6H3. The summed E-state index contributed by atoms with van der Waals surface area (Å²) in [5.41, 5.74) is 5.86. The van der Waals surface area contributed by atoms with E-state index in [0.29, 0.717) is 63.6 Å². The summed E-state index contributed by atoms with van der Waals surface area (Å²) in [6.45, 7) is 9.25. The number of hydrogen-bond donors (Lipinski definition) is 6. The molecule has 6 N–H and O–H groups in total. The number of ketones is 1. The molecule has 4 amide bonds.